The number of pyridine rings is 1. The molecule has 0 atom stereocenters. The van der Waals surface area contributed by atoms with Crippen molar-refractivity contribution < 1.29 is 0 Å². The molecule has 2 aromatic rings. The first-order chi connectivity index (χ1) is 9.56. The fourth-order valence-corrected chi connectivity index (χ4v) is 3.33. The third kappa shape index (κ3) is 4.48. The highest BCUT2D eigenvalue weighted by Crippen LogP contribution is 2.34. The minimum Gasteiger partial charge on any atom is -0.310 e. The zero-order valence-electron chi connectivity index (χ0n) is 11.4. The predicted octanol–water partition coefficient (Wildman–Crippen LogP) is 5.15. The lowest BCUT2D eigenvalue weighted by atomic mass is 10.2. The Morgan fingerprint density at radius 1 is 1.35 bits per heavy atom. The van der Waals surface area contributed by atoms with Gasteiger partial charge in [-0.05, 0) is 29.8 Å². The summed E-state index contributed by atoms with van der Waals surface area (Å²) in [5.41, 5.74) is 1.24. The molecule has 0 aliphatic heterocycles. The molecule has 0 unspecified atom stereocenters. The van der Waals surface area contributed by atoms with E-state index in [1.54, 1.807) is 18.0 Å². The maximum absolute atomic E-state index is 6.18. The number of rotatable bonds is 5. The van der Waals surface area contributed by atoms with Gasteiger partial charge in [0.25, 0.3) is 0 Å². The van der Waals surface area contributed by atoms with Gasteiger partial charge in [0.1, 0.15) is 5.03 Å². The van der Waals surface area contributed by atoms with Crippen LogP contribution in [0.5, 0.6) is 0 Å². The van der Waals surface area contributed by atoms with Crippen molar-refractivity contribution in [2.75, 3.05) is 0 Å². The van der Waals surface area contributed by atoms with E-state index in [-0.39, 0.29) is 0 Å². The Morgan fingerprint density at radius 3 is 2.85 bits per heavy atom. The molecule has 0 aliphatic carbocycles. The smallest absolute Gasteiger partial charge is 0.119 e. The van der Waals surface area contributed by atoms with Gasteiger partial charge in [-0.3, -0.25) is 0 Å². The van der Waals surface area contributed by atoms with Crippen LogP contribution >= 0.6 is 39.3 Å². The fraction of sp³-hybridized carbons (Fsp3) is 0.267. The van der Waals surface area contributed by atoms with E-state index >= 15 is 0 Å². The zero-order valence-corrected chi connectivity index (χ0v) is 14.5. The summed E-state index contributed by atoms with van der Waals surface area (Å²) in [7, 11) is 0. The van der Waals surface area contributed by atoms with Crippen LogP contribution in [-0.2, 0) is 6.54 Å². The first kappa shape index (κ1) is 15.8. The second kappa shape index (κ2) is 7.46. The third-order valence-electron chi connectivity index (χ3n) is 2.66. The average Bonchev–Trinajstić information content (AvgIpc) is 2.40. The molecule has 2 rings (SSSR count). The molecule has 106 valence electrons. The molecule has 20 heavy (non-hydrogen) atoms. The Bertz CT molecular complexity index is 590. The van der Waals surface area contributed by atoms with Gasteiger partial charge in [-0.2, -0.15) is 0 Å². The van der Waals surface area contributed by atoms with Crippen LogP contribution in [0.15, 0.2) is 50.9 Å². The molecule has 2 nitrogen and oxygen atoms in total. The van der Waals surface area contributed by atoms with Crippen molar-refractivity contribution in [3.63, 3.8) is 0 Å². The van der Waals surface area contributed by atoms with E-state index in [0.717, 1.165) is 20.9 Å². The van der Waals surface area contributed by atoms with E-state index in [0.29, 0.717) is 11.1 Å². The van der Waals surface area contributed by atoms with Crippen LogP contribution in [0, 0.1) is 0 Å². The second-order valence-electron chi connectivity index (χ2n) is 4.68. The van der Waals surface area contributed by atoms with E-state index in [2.05, 4.69) is 58.3 Å². The number of halogens is 2. The molecule has 1 heterocycles. The Balaban J connectivity index is 2.25. The highest BCUT2D eigenvalue weighted by molar-refractivity contribution is 9.10. The van der Waals surface area contributed by atoms with Crippen molar-refractivity contribution in [1.29, 1.82) is 0 Å². The molecule has 0 amide bonds. The summed E-state index contributed by atoms with van der Waals surface area (Å²) in [6.45, 7) is 5.11. The van der Waals surface area contributed by atoms with Crippen LogP contribution in [0.4, 0.5) is 0 Å². The molecule has 1 aromatic heterocycles. The fourth-order valence-electron chi connectivity index (χ4n) is 1.63. The summed E-state index contributed by atoms with van der Waals surface area (Å²) in [6, 6.07) is 10.4. The van der Waals surface area contributed by atoms with Gasteiger partial charge in [-0.25, -0.2) is 4.98 Å². The van der Waals surface area contributed by atoms with Crippen LogP contribution in [0.25, 0.3) is 0 Å². The first-order valence-electron chi connectivity index (χ1n) is 6.36. The van der Waals surface area contributed by atoms with Crippen molar-refractivity contribution in [1.82, 2.24) is 10.3 Å². The Hall–Kier alpha value is -0.550. The molecule has 0 spiro atoms. The predicted molar refractivity (Wildman–Crippen MR) is 89.5 cm³/mol. The lowest BCUT2D eigenvalue weighted by Gasteiger charge is -2.13. The molecule has 1 N–H and O–H groups in total. The molecule has 5 heteroatoms. The van der Waals surface area contributed by atoms with E-state index in [1.807, 2.05) is 12.1 Å². The topological polar surface area (TPSA) is 24.9 Å². The van der Waals surface area contributed by atoms with Crippen molar-refractivity contribution in [2.24, 2.45) is 0 Å². The van der Waals surface area contributed by atoms with Crippen molar-refractivity contribution >= 4 is 39.3 Å². The lowest BCUT2D eigenvalue weighted by Crippen LogP contribution is -2.22. The van der Waals surface area contributed by atoms with Crippen LogP contribution < -0.4 is 5.32 Å². The van der Waals surface area contributed by atoms with Crippen LogP contribution in [0.3, 0.4) is 0 Å². The summed E-state index contributed by atoms with van der Waals surface area (Å²) in [6.07, 6.45) is 1.76. The van der Waals surface area contributed by atoms with Gasteiger partial charge in [-0.1, -0.05) is 59.2 Å². The highest BCUT2D eigenvalue weighted by Gasteiger charge is 2.09. The zero-order chi connectivity index (χ0) is 14.5. The second-order valence-corrected chi connectivity index (χ2v) is 7.03. The van der Waals surface area contributed by atoms with Crippen molar-refractivity contribution in [3.05, 3.63) is 51.6 Å². The van der Waals surface area contributed by atoms with E-state index in [4.69, 9.17) is 11.6 Å². The molecular weight excluding hydrogens is 356 g/mol. The Labute approximate surface area is 137 Å². The summed E-state index contributed by atoms with van der Waals surface area (Å²) < 4.78 is 1.06. The molecule has 0 bridgehead atoms. The SMILES string of the molecule is CC(C)NCc1ccc(Br)cc1Sc1ncccc1Cl. The van der Waals surface area contributed by atoms with E-state index < -0.39 is 0 Å². The Kier molecular flexibility index (Phi) is 5.90. The van der Waals surface area contributed by atoms with Crippen molar-refractivity contribution in [3.8, 4) is 0 Å². The summed E-state index contributed by atoms with van der Waals surface area (Å²) in [5.74, 6) is 0. The van der Waals surface area contributed by atoms with Gasteiger partial charge >= 0.3 is 0 Å². The summed E-state index contributed by atoms with van der Waals surface area (Å²) in [5, 5.41) is 4.95. The van der Waals surface area contributed by atoms with Gasteiger partial charge in [0.2, 0.25) is 0 Å². The number of hydrogen-bond acceptors (Lipinski definition) is 3. The molecule has 0 saturated heterocycles. The minimum absolute atomic E-state index is 0.454. The standard InChI is InChI=1S/C15H16BrClN2S/c1-10(2)19-9-11-5-6-12(16)8-14(11)20-15-13(17)4-3-7-18-15/h3-8,10,19H,9H2,1-2H3. The van der Waals surface area contributed by atoms with Crippen LogP contribution in [-0.4, -0.2) is 11.0 Å². The molecule has 0 fully saturated rings. The van der Waals surface area contributed by atoms with Crippen LogP contribution in [0.1, 0.15) is 19.4 Å². The maximum atomic E-state index is 6.18. The van der Waals surface area contributed by atoms with Gasteiger partial charge in [0, 0.05) is 28.2 Å². The van der Waals surface area contributed by atoms with Crippen LogP contribution in [0.2, 0.25) is 5.02 Å². The van der Waals surface area contributed by atoms with E-state index in [9.17, 15) is 0 Å². The third-order valence-corrected chi connectivity index (χ3v) is 4.69. The average molecular weight is 372 g/mol. The molecule has 1 aromatic carbocycles. The van der Waals surface area contributed by atoms with Gasteiger partial charge in [0.05, 0.1) is 5.02 Å². The quantitative estimate of drug-likeness (QED) is 0.787. The highest BCUT2D eigenvalue weighted by atomic mass is 79.9. The van der Waals surface area contributed by atoms with Gasteiger partial charge in [-0.15, -0.1) is 0 Å². The van der Waals surface area contributed by atoms with Gasteiger partial charge < -0.3 is 5.32 Å². The number of nitrogens with zero attached hydrogens (tertiary/aromatic N) is 1. The minimum atomic E-state index is 0.454. The number of benzene rings is 1. The molecule has 0 aliphatic rings. The molecule has 0 radical (unpaired) electrons. The first-order valence-corrected chi connectivity index (χ1v) is 8.35. The largest absolute Gasteiger partial charge is 0.310 e. The summed E-state index contributed by atoms with van der Waals surface area (Å²) in [4.78, 5) is 5.50. The van der Waals surface area contributed by atoms with Crippen molar-refractivity contribution in [2.45, 2.75) is 36.4 Å². The Morgan fingerprint density at radius 2 is 2.15 bits per heavy atom. The number of aromatic nitrogens is 1. The molecular formula is C15H16BrClN2S. The maximum Gasteiger partial charge on any atom is 0.119 e. The number of nitrogens with one attached hydrogen (secondary N) is 1. The van der Waals surface area contributed by atoms with E-state index in [1.165, 1.54) is 5.56 Å². The normalized spacial score (nSPS) is 11.1. The lowest BCUT2D eigenvalue weighted by molar-refractivity contribution is 0.584. The van der Waals surface area contributed by atoms with Gasteiger partial charge in [0.15, 0.2) is 0 Å². The number of hydrogen-bond donors (Lipinski definition) is 1. The monoisotopic (exact) mass is 370 g/mol. The molecule has 0 saturated carbocycles. The summed E-state index contributed by atoms with van der Waals surface area (Å²) >= 11 is 11.3.